The number of nitrogens with zero attached hydrogens (tertiary/aromatic N) is 2. The van der Waals surface area contributed by atoms with Crippen molar-refractivity contribution in [3.05, 3.63) is 29.8 Å². The summed E-state index contributed by atoms with van der Waals surface area (Å²) in [6.07, 6.45) is 1.11. The molecule has 1 fully saturated rings. The number of hydrogen-bond donors (Lipinski definition) is 1. The molecule has 3 heteroatoms. The first-order valence-corrected chi connectivity index (χ1v) is 7.02. The number of rotatable bonds is 4. The molecule has 1 aliphatic heterocycles. The highest BCUT2D eigenvalue weighted by atomic mass is 15.3. The number of anilines is 1. The van der Waals surface area contributed by atoms with E-state index in [1.165, 1.54) is 11.3 Å². The van der Waals surface area contributed by atoms with Crippen LogP contribution in [-0.4, -0.2) is 43.7 Å². The van der Waals surface area contributed by atoms with E-state index in [9.17, 15) is 0 Å². The number of nitrogens with two attached hydrogens (primary N) is 1. The molecule has 2 rings (SSSR count). The van der Waals surface area contributed by atoms with E-state index < -0.39 is 0 Å². The van der Waals surface area contributed by atoms with Gasteiger partial charge in [-0.25, -0.2) is 0 Å². The maximum absolute atomic E-state index is 5.73. The Morgan fingerprint density at radius 2 is 1.72 bits per heavy atom. The van der Waals surface area contributed by atoms with Gasteiger partial charge in [-0.2, -0.15) is 0 Å². The van der Waals surface area contributed by atoms with E-state index in [1.807, 2.05) is 0 Å². The van der Waals surface area contributed by atoms with Crippen LogP contribution in [0.5, 0.6) is 0 Å². The Morgan fingerprint density at radius 1 is 1.11 bits per heavy atom. The zero-order valence-corrected chi connectivity index (χ0v) is 11.6. The highest BCUT2D eigenvalue weighted by Crippen LogP contribution is 2.18. The van der Waals surface area contributed by atoms with Crippen molar-refractivity contribution in [3.63, 3.8) is 0 Å². The lowest BCUT2D eigenvalue weighted by molar-refractivity contribution is 0.201. The second-order valence-corrected chi connectivity index (χ2v) is 5.13. The molecule has 1 aromatic carbocycles. The normalized spacial score (nSPS) is 18.9. The van der Waals surface area contributed by atoms with E-state index in [0.717, 1.165) is 39.1 Å². The van der Waals surface area contributed by atoms with Crippen molar-refractivity contribution in [1.29, 1.82) is 0 Å². The molecule has 1 aromatic rings. The van der Waals surface area contributed by atoms with Gasteiger partial charge in [-0.15, -0.1) is 0 Å². The summed E-state index contributed by atoms with van der Waals surface area (Å²) < 4.78 is 0. The first-order chi connectivity index (χ1) is 8.74. The molecule has 1 aliphatic rings. The van der Waals surface area contributed by atoms with Gasteiger partial charge in [0.15, 0.2) is 0 Å². The maximum atomic E-state index is 5.73. The Bertz CT molecular complexity index is 353. The molecule has 0 bridgehead atoms. The molecule has 0 aromatic heterocycles. The van der Waals surface area contributed by atoms with Crippen molar-refractivity contribution >= 4 is 5.69 Å². The van der Waals surface area contributed by atoms with E-state index >= 15 is 0 Å². The number of benzene rings is 1. The number of aryl methyl sites for hydroxylation is 1. The van der Waals surface area contributed by atoms with Crippen molar-refractivity contribution < 1.29 is 0 Å². The highest BCUT2D eigenvalue weighted by molar-refractivity contribution is 5.48. The van der Waals surface area contributed by atoms with Crippen molar-refractivity contribution in [2.24, 2.45) is 5.73 Å². The van der Waals surface area contributed by atoms with Crippen LogP contribution < -0.4 is 10.6 Å². The van der Waals surface area contributed by atoms with Gasteiger partial charge in [-0.3, -0.25) is 4.90 Å². The van der Waals surface area contributed by atoms with Gasteiger partial charge in [-0.05, 0) is 31.0 Å². The summed E-state index contributed by atoms with van der Waals surface area (Å²) in [4.78, 5) is 4.95. The first kappa shape index (κ1) is 13.4. The minimum Gasteiger partial charge on any atom is -0.369 e. The largest absolute Gasteiger partial charge is 0.369 e. The average Bonchev–Trinajstić information content (AvgIpc) is 2.47. The average molecular weight is 247 g/mol. The van der Waals surface area contributed by atoms with Crippen LogP contribution in [0, 0.1) is 0 Å². The molecule has 100 valence electrons. The number of piperazine rings is 1. The Kier molecular flexibility index (Phi) is 4.61. The smallest absolute Gasteiger partial charge is 0.0367 e. The molecule has 3 nitrogen and oxygen atoms in total. The summed E-state index contributed by atoms with van der Waals surface area (Å²) in [5.74, 6) is 0. The molecule has 2 N–H and O–H groups in total. The van der Waals surface area contributed by atoms with Gasteiger partial charge in [0.25, 0.3) is 0 Å². The molecule has 18 heavy (non-hydrogen) atoms. The Balaban J connectivity index is 1.92. The van der Waals surface area contributed by atoms with E-state index in [4.69, 9.17) is 5.73 Å². The van der Waals surface area contributed by atoms with Gasteiger partial charge in [0.05, 0.1) is 0 Å². The second-order valence-electron chi connectivity index (χ2n) is 5.13. The van der Waals surface area contributed by atoms with E-state index in [2.05, 4.69) is 47.9 Å². The van der Waals surface area contributed by atoms with Gasteiger partial charge in [0, 0.05) is 44.5 Å². The van der Waals surface area contributed by atoms with Crippen molar-refractivity contribution in [2.75, 3.05) is 37.6 Å². The van der Waals surface area contributed by atoms with Gasteiger partial charge in [0.1, 0.15) is 0 Å². The molecular weight excluding hydrogens is 222 g/mol. The summed E-state index contributed by atoms with van der Waals surface area (Å²) in [5.41, 5.74) is 8.49. The minimum atomic E-state index is 0.509. The molecule has 1 heterocycles. The quantitative estimate of drug-likeness (QED) is 0.879. The Hall–Kier alpha value is -1.06. The summed E-state index contributed by atoms with van der Waals surface area (Å²) in [5, 5.41) is 0. The Morgan fingerprint density at radius 3 is 2.22 bits per heavy atom. The fourth-order valence-corrected chi connectivity index (χ4v) is 2.51. The molecule has 0 amide bonds. The topological polar surface area (TPSA) is 32.5 Å². The third-order valence-electron chi connectivity index (χ3n) is 3.99. The third kappa shape index (κ3) is 3.03. The fourth-order valence-electron chi connectivity index (χ4n) is 2.51. The highest BCUT2D eigenvalue weighted by Gasteiger charge is 2.20. The van der Waals surface area contributed by atoms with E-state index in [-0.39, 0.29) is 0 Å². The fraction of sp³-hybridized carbons (Fsp3) is 0.600. The number of hydrogen-bond acceptors (Lipinski definition) is 3. The van der Waals surface area contributed by atoms with Gasteiger partial charge >= 0.3 is 0 Å². The third-order valence-corrected chi connectivity index (χ3v) is 3.99. The van der Waals surface area contributed by atoms with Crippen LogP contribution in [0.15, 0.2) is 24.3 Å². The zero-order valence-electron chi connectivity index (χ0n) is 11.6. The molecule has 0 spiro atoms. The molecular formula is C15H25N3. The summed E-state index contributed by atoms with van der Waals surface area (Å²) >= 11 is 0. The standard InChI is InChI=1S/C15H25N3/c1-3-14-4-6-15(7-5-14)18-10-8-17(9-11-18)13(2)12-16/h4-7,13H,3,8-12,16H2,1-2H3. The second kappa shape index (κ2) is 6.21. The molecule has 1 saturated heterocycles. The predicted octanol–water partition coefficient (Wildman–Crippen LogP) is 1.72. The monoisotopic (exact) mass is 247 g/mol. The summed E-state index contributed by atoms with van der Waals surface area (Å²) in [6.45, 7) is 9.62. The van der Waals surface area contributed by atoms with Crippen LogP contribution in [0.3, 0.4) is 0 Å². The van der Waals surface area contributed by atoms with Crippen LogP contribution in [0.1, 0.15) is 19.4 Å². The van der Waals surface area contributed by atoms with Crippen LogP contribution in [0.2, 0.25) is 0 Å². The van der Waals surface area contributed by atoms with Gasteiger partial charge in [-0.1, -0.05) is 19.1 Å². The van der Waals surface area contributed by atoms with E-state index in [0.29, 0.717) is 6.04 Å². The lowest BCUT2D eigenvalue weighted by Crippen LogP contribution is -2.51. The summed E-state index contributed by atoms with van der Waals surface area (Å²) in [7, 11) is 0. The first-order valence-electron chi connectivity index (χ1n) is 7.02. The van der Waals surface area contributed by atoms with Gasteiger partial charge < -0.3 is 10.6 Å². The zero-order chi connectivity index (χ0) is 13.0. The molecule has 1 unspecified atom stereocenters. The van der Waals surface area contributed by atoms with E-state index in [1.54, 1.807) is 0 Å². The van der Waals surface area contributed by atoms with Crippen LogP contribution >= 0.6 is 0 Å². The SMILES string of the molecule is CCc1ccc(N2CCN(C(C)CN)CC2)cc1. The Labute approximate surface area is 111 Å². The van der Waals surface area contributed by atoms with Crippen LogP contribution in [-0.2, 0) is 6.42 Å². The minimum absolute atomic E-state index is 0.509. The molecule has 1 atom stereocenters. The van der Waals surface area contributed by atoms with Crippen LogP contribution in [0.4, 0.5) is 5.69 Å². The molecule has 0 aliphatic carbocycles. The van der Waals surface area contributed by atoms with Crippen molar-refractivity contribution in [1.82, 2.24) is 4.90 Å². The lowest BCUT2D eigenvalue weighted by atomic mass is 10.1. The van der Waals surface area contributed by atoms with Crippen molar-refractivity contribution in [3.8, 4) is 0 Å². The predicted molar refractivity (Wildman–Crippen MR) is 78.1 cm³/mol. The molecule has 0 saturated carbocycles. The van der Waals surface area contributed by atoms with Crippen LogP contribution in [0.25, 0.3) is 0 Å². The van der Waals surface area contributed by atoms with Crippen molar-refractivity contribution in [2.45, 2.75) is 26.3 Å². The lowest BCUT2D eigenvalue weighted by Gasteiger charge is -2.38. The van der Waals surface area contributed by atoms with Gasteiger partial charge in [0.2, 0.25) is 0 Å². The summed E-state index contributed by atoms with van der Waals surface area (Å²) in [6, 6.07) is 9.49. The maximum Gasteiger partial charge on any atom is 0.0367 e. The molecule has 0 radical (unpaired) electrons.